The standard InChI is InChI=1S/C32H33N5O5/c1-39-32(38)22-9-10-26-28(17-22)37(18-23-13-16-40-23)30(33-26)19-36-14-11-21(12-15-36)25-6-4-8-31(34-25)41-20-27-24-5-2-3-7-29(24)42-35-27/h2-10,17,21,23H,11-16,18-20H2,1H3. The van der Waals surface area contributed by atoms with E-state index in [2.05, 4.69) is 20.7 Å². The number of carbonyl (C=O) groups excluding carboxylic acids is 1. The van der Waals surface area contributed by atoms with E-state index in [0.717, 1.165) is 91.3 Å². The Labute approximate surface area is 243 Å². The molecule has 0 saturated carbocycles. The fourth-order valence-electron chi connectivity index (χ4n) is 5.88. The number of hydrogen-bond acceptors (Lipinski definition) is 9. The van der Waals surface area contributed by atoms with E-state index in [1.807, 2.05) is 48.5 Å². The minimum Gasteiger partial charge on any atom is -0.471 e. The molecule has 5 heterocycles. The van der Waals surface area contributed by atoms with E-state index in [-0.39, 0.29) is 12.1 Å². The maximum atomic E-state index is 12.2. The Hall–Kier alpha value is -4.28. The summed E-state index contributed by atoms with van der Waals surface area (Å²) in [6, 6.07) is 19.3. The second-order valence-electron chi connectivity index (χ2n) is 11.0. The molecule has 0 spiro atoms. The molecule has 0 bridgehead atoms. The van der Waals surface area contributed by atoms with Gasteiger partial charge in [0.05, 0.1) is 42.9 Å². The Morgan fingerprint density at radius 2 is 1.88 bits per heavy atom. The van der Waals surface area contributed by atoms with Crippen molar-refractivity contribution in [1.82, 2.24) is 24.6 Å². The number of imidazole rings is 1. The van der Waals surface area contributed by atoms with E-state index in [0.29, 0.717) is 24.0 Å². The van der Waals surface area contributed by atoms with Gasteiger partial charge in [-0.1, -0.05) is 23.4 Å². The molecule has 2 saturated heterocycles. The number of methoxy groups -OCH3 is 1. The number of piperidine rings is 1. The maximum Gasteiger partial charge on any atom is 0.337 e. The van der Waals surface area contributed by atoms with Gasteiger partial charge in [-0.3, -0.25) is 4.90 Å². The molecular formula is C32H33N5O5. The normalized spacial score (nSPS) is 17.9. The lowest BCUT2D eigenvalue weighted by Gasteiger charge is -2.32. The molecule has 5 aromatic rings. The van der Waals surface area contributed by atoms with Gasteiger partial charge >= 0.3 is 5.97 Å². The van der Waals surface area contributed by atoms with Gasteiger partial charge in [0.1, 0.15) is 18.1 Å². The van der Waals surface area contributed by atoms with Crippen LogP contribution in [0.25, 0.3) is 22.0 Å². The molecule has 3 aromatic heterocycles. The summed E-state index contributed by atoms with van der Waals surface area (Å²) in [4.78, 5) is 24.4. The summed E-state index contributed by atoms with van der Waals surface area (Å²) in [5.41, 5.74) is 4.93. The van der Waals surface area contributed by atoms with E-state index in [1.165, 1.54) is 7.11 Å². The van der Waals surface area contributed by atoms with Gasteiger partial charge in [-0.2, -0.15) is 0 Å². The van der Waals surface area contributed by atoms with Crippen molar-refractivity contribution in [2.75, 3.05) is 26.8 Å². The molecule has 0 aliphatic carbocycles. The number of carbonyl (C=O) groups is 1. The number of nitrogens with zero attached hydrogens (tertiary/aromatic N) is 5. The first-order valence-corrected chi connectivity index (χ1v) is 14.5. The Kier molecular flexibility index (Phi) is 7.31. The second-order valence-corrected chi connectivity index (χ2v) is 11.0. The monoisotopic (exact) mass is 567 g/mol. The summed E-state index contributed by atoms with van der Waals surface area (Å²) >= 11 is 0. The van der Waals surface area contributed by atoms with Crippen LogP contribution < -0.4 is 4.74 Å². The molecule has 2 fully saturated rings. The minimum atomic E-state index is -0.345. The molecule has 0 amide bonds. The number of pyridine rings is 1. The highest BCUT2D eigenvalue weighted by atomic mass is 16.5. The summed E-state index contributed by atoms with van der Waals surface area (Å²) in [5.74, 6) is 1.61. The second kappa shape index (κ2) is 11.5. The number of ether oxygens (including phenoxy) is 3. The third-order valence-electron chi connectivity index (χ3n) is 8.35. The van der Waals surface area contributed by atoms with E-state index in [9.17, 15) is 4.79 Å². The molecular weight excluding hydrogens is 534 g/mol. The molecule has 1 unspecified atom stereocenters. The quantitative estimate of drug-likeness (QED) is 0.225. The molecule has 7 rings (SSSR count). The largest absolute Gasteiger partial charge is 0.471 e. The fraction of sp³-hybridized carbons (Fsp3) is 0.375. The van der Waals surface area contributed by atoms with Gasteiger partial charge in [-0.25, -0.2) is 14.8 Å². The maximum absolute atomic E-state index is 12.2. The average molecular weight is 568 g/mol. The lowest BCUT2D eigenvalue weighted by molar-refractivity contribution is -0.0592. The summed E-state index contributed by atoms with van der Waals surface area (Å²) in [5, 5.41) is 5.11. The average Bonchev–Trinajstić information content (AvgIpc) is 3.58. The van der Waals surface area contributed by atoms with Crippen LogP contribution in [0.5, 0.6) is 5.88 Å². The van der Waals surface area contributed by atoms with E-state index in [1.54, 1.807) is 6.07 Å². The molecule has 10 nitrogen and oxygen atoms in total. The highest BCUT2D eigenvalue weighted by Crippen LogP contribution is 2.30. The van der Waals surface area contributed by atoms with Crippen molar-refractivity contribution < 1.29 is 23.5 Å². The van der Waals surface area contributed by atoms with Crippen molar-refractivity contribution in [3.05, 3.63) is 83.4 Å². The number of benzene rings is 2. The van der Waals surface area contributed by atoms with Crippen LogP contribution >= 0.6 is 0 Å². The first-order chi connectivity index (χ1) is 20.6. The minimum absolute atomic E-state index is 0.178. The molecule has 1 atom stereocenters. The fourth-order valence-corrected chi connectivity index (χ4v) is 5.88. The Bertz CT molecular complexity index is 1720. The first kappa shape index (κ1) is 26.6. The van der Waals surface area contributed by atoms with Gasteiger partial charge in [-0.05, 0) is 68.8 Å². The Balaban J connectivity index is 1.01. The van der Waals surface area contributed by atoms with Crippen molar-refractivity contribution in [2.45, 2.75) is 51.0 Å². The summed E-state index contributed by atoms with van der Waals surface area (Å²) < 4.78 is 24.3. The van der Waals surface area contributed by atoms with Crippen LogP contribution in [0.2, 0.25) is 0 Å². The van der Waals surface area contributed by atoms with E-state index in [4.69, 9.17) is 28.7 Å². The van der Waals surface area contributed by atoms with Gasteiger partial charge in [0.25, 0.3) is 0 Å². The number of para-hydroxylation sites is 1. The Morgan fingerprint density at radius 1 is 1.02 bits per heavy atom. The topological polar surface area (TPSA) is 105 Å². The summed E-state index contributed by atoms with van der Waals surface area (Å²) in [7, 11) is 1.40. The van der Waals surface area contributed by atoms with Crippen LogP contribution in [0, 0.1) is 0 Å². The molecule has 0 radical (unpaired) electrons. The number of likely N-dealkylation sites (tertiary alicyclic amines) is 1. The number of rotatable bonds is 9. The van der Waals surface area contributed by atoms with E-state index < -0.39 is 0 Å². The van der Waals surface area contributed by atoms with Gasteiger partial charge in [0.2, 0.25) is 5.88 Å². The van der Waals surface area contributed by atoms with Gasteiger partial charge in [0.15, 0.2) is 5.58 Å². The number of aromatic nitrogens is 4. The molecule has 0 N–H and O–H groups in total. The van der Waals surface area contributed by atoms with Crippen LogP contribution in [0.1, 0.15) is 52.8 Å². The van der Waals surface area contributed by atoms with Crippen molar-refractivity contribution in [3.63, 3.8) is 0 Å². The van der Waals surface area contributed by atoms with Crippen LogP contribution in [0.15, 0.2) is 65.2 Å². The summed E-state index contributed by atoms with van der Waals surface area (Å²) in [6.07, 6.45) is 3.22. The molecule has 2 aliphatic heterocycles. The van der Waals surface area contributed by atoms with Crippen LogP contribution in [0.3, 0.4) is 0 Å². The predicted molar refractivity (Wildman–Crippen MR) is 155 cm³/mol. The molecule has 2 aliphatic rings. The molecule has 10 heteroatoms. The third kappa shape index (κ3) is 5.35. The zero-order chi connectivity index (χ0) is 28.5. The third-order valence-corrected chi connectivity index (χ3v) is 8.35. The van der Waals surface area contributed by atoms with Crippen LogP contribution in [0.4, 0.5) is 0 Å². The highest BCUT2D eigenvalue weighted by Gasteiger charge is 2.26. The van der Waals surface area contributed by atoms with Crippen molar-refractivity contribution in [3.8, 4) is 5.88 Å². The van der Waals surface area contributed by atoms with Gasteiger partial charge in [0, 0.05) is 29.7 Å². The SMILES string of the molecule is COC(=O)c1ccc2nc(CN3CCC(c4cccc(OCc5noc6ccccc56)n4)CC3)n(CC3CCO3)c2c1. The predicted octanol–water partition coefficient (Wildman–Crippen LogP) is 5.11. The smallest absolute Gasteiger partial charge is 0.337 e. The van der Waals surface area contributed by atoms with E-state index >= 15 is 0 Å². The van der Waals surface area contributed by atoms with Crippen molar-refractivity contribution in [2.24, 2.45) is 0 Å². The highest BCUT2D eigenvalue weighted by molar-refractivity contribution is 5.93. The van der Waals surface area contributed by atoms with Crippen LogP contribution in [-0.4, -0.2) is 63.5 Å². The number of hydrogen-bond donors (Lipinski definition) is 0. The lowest BCUT2D eigenvalue weighted by atomic mass is 9.93. The zero-order valence-corrected chi connectivity index (χ0v) is 23.6. The molecule has 42 heavy (non-hydrogen) atoms. The van der Waals surface area contributed by atoms with Crippen molar-refractivity contribution in [1.29, 1.82) is 0 Å². The molecule has 216 valence electrons. The molecule has 2 aromatic carbocycles. The number of fused-ring (bicyclic) bond motifs is 2. The number of esters is 1. The lowest BCUT2D eigenvalue weighted by Crippen LogP contribution is -2.35. The first-order valence-electron chi connectivity index (χ1n) is 14.5. The van der Waals surface area contributed by atoms with Gasteiger partial charge < -0.3 is 23.3 Å². The zero-order valence-electron chi connectivity index (χ0n) is 23.6. The van der Waals surface area contributed by atoms with Gasteiger partial charge in [-0.15, -0.1) is 0 Å². The Morgan fingerprint density at radius 3 is 2.69 bits per heavy atom. The van der Waals surface area contributed by atoms with Crippen LogP contribution in [-0.2, 0) is 29.2 Å². The van der Waals surface area contributed by atoms with Crippen molar-refractivity contribution >= 4 is 28.0 Å². The summed E-state index contributed by atoms with van der Waals surface area (Å²) in [6.45, 7) is 4.46.